The molecule has 4 rings (SSSR count). The number of aromatic nitrogens is 1. The molecule has 4 aromatic rings. The second kappa shape index (κ2) is 8.59. The van der Waals surface area contributed by atoms with Crippen LogP contribution < -0.4 is 10.2 Å². The van der Waals surface area contributed by atoms with Gasteiger partial charge in [-0.15, -0.1) is 0 Å². The Balaban J connectivity index is 1.92. The highest BCUT2D eigenvalue weighted by Gasteiger charge is 2.24. The molecule has 0 aliphatic carbocycles. The van der Waals surface area contributed by atoms with Gasteiger partial charge >= 0.3 is 0 Å². The minimum absolute atomic E-state index is 0.0191. The SMILES string of the molecule is CCOc1ccc(S(=O)(=O)c2cn(Cc3ccccc3C)c3ccc(F)cc3c2=O)cc1. The molecule has 0 N–H and O–H groups in total. The predicted molar refractivity (Wildman–Crippen MR) is 122 cm³/mol. The number of ether oxygens (including phenoxy) is 1. The van der Waals surface area contributed by atoms with Gasteiger partial charge in [-0.1, -0.05) is 24.3 Å². The van der Waals surface area contributed by atoms with E-state index in [0.29, 0.717) is 24.4 Å². The summed E-state index contributed by atoms with van der Waals surface area (Å²) in [5.41, 5.74) is 1.73. The molecule has 0 saturated carbocycles. The lowest BCUT2D eigenvalue weighted by molar-refractivity contribution is 0.340. The normalized spacial score (nSPS) is 11.6. The number of rotatable bonds is 6. The minimum Gasteiger partial charge on any atom is -0.494 e. The highest BCUT2D eigenvalue weighted by atomic mass is 32.2. The topological polar surface area (TPSA) is 65.4 Å². The molecule has 1 aromatic heterocycles. The van der Waals surface area contributed by atoms with Crippen LogP contribution in [0.2, 0.25) is 0 Å². The van der Waals surface area contributed by atoms with E-state index in [1.165, 1.54) is 30.5 Å². The maximum Gasteiger partial charge on any atom is 0.211 e. The summed E-state index contributed by atoms with van der Waals surface area (Å²) in [5.74, 6) is -0.0725. The molecule has 32 heavy (non-hydrogen) atoms. The lowest BCUT2D eigenvalue weighted by Gasteiger charge is -2.15. The molecule has 164 valence electrons. The molecule has 0 amide bonds. The Hall–Kier alpha value is -3.45. The Morgan fingerprint density at radius 1 is 1.00 bits per heavy atom. The van der Waals surface area contributed by atoms with Crippen molar-refractivity contribution in [2.24, 2.45) is 0 Å². The number of benzene rings is 3. The van der Waals surface area contributed by atoms with Gasteiger partial charge in [0.25, 0.3) is 0 Å². The van der Waals surface area contributed by atoms with Crippen LogP contribution in [0.25, 0.3) is 10.9 Å². The largest absolute Gasteiger partial charge is 0.494 e. The highest BCUT2D eigenvalue weighted by molar-refractivity contribution is 7.91. The second-order valence-corrected chi connectivity index (χ2v) is 9.36. The van der Waals surface area contributed by atoms with Crippen LogP contribution in [-0.2, 0) is 16.4 Å². The molecule has 0 bridgehead atoms. The van der Waals surface area contributed by atoms with E-state index in [1.54, 1.807) is 16.7 Å². The van der Waals surface area contributed by atoms with Crippen LogP contribution in [0.3, 0.4) is 0 Å². The maximum absolute atomic E-state index is 14.0. The Kier molecular flexibility index (Phi) is 5.84. The van der Waals surface area contributed by atoms with E-state index >= 15 is 0 Å². The average molecular weight is 452 g/mol. The molecule has 0 spiro atoms. The van der Waals surface area contributed by atoms with Gasteiger partial charge in [-0.05, 0) is 67.4 Å². The smallest absolute Gasteiger partial charge is 0.211 e. The average Bonchev–Trinajstić information content (AvgIpc) is 2.77. The first-order valence-corrected chi connectivity index (χ1v) is 11.6. The van der Waals surface area contributed by atoms with E-state index in [-0.39, 0.29) is 10.3 Å². The van der Waals surface area contributed by atoms with Crippen LogP contribution in [0.1, 0.15) is 18.1 Å². The third-order valence-corrected chi connectivity index (χ3v) is 7.11. The lowest BCUT2D eigenvalue weighted by Crippen LogP contribution is -2.20. The Morgan fingerprint density at radius 2 is 1.72 bits per heavy atom. The van der Waals surface area contributed by atoms with E-state index in [2.05, 4.69) is 0 Å². The molecular formula is C25H22FNO4S. The van der Waals surface area contributed by atoms with Crippen LogP contribution in [0.5, 0.6) is 5.75 Å². The van der Waals surface area contributed by atoms with Crippen molar-refractivity contribution in [2.75, 3.05) is 6.61 Å². The van der Waals surface area contributed by atoms with Crippen LogP contribution >= 0.6 is 0 Å². The van der Waals surface area contributed by atoms with Crippen molar-refractivity contribution in [3.63, 3.8) is 0 Å². The van der Waals surface area contributed by atoms with E-state index in [4.69, 9.17) is 4.74 Å². The molecule has 0 saturated heterocycles. The van der Waals surface area contributed by atoms with Gasteiger partial charge in [-0.3, -0.25) is 4.79 Å². The zero-order valence-electron chi connectivity index (χ0n) is 17.7. The van der Waals surface area contributed by atoms with Gasteiger partial charge in [-0.2, -0.15) is 0 Å². The van der Waals surface area contributed by atoms with Gasteiger partial charge < -0.3 is 9.30 Å². The number of halogens is 1. The third-order valence-electron chi connectivity index (χ3n) is 5.35. The Bertz CT molecular complexity index is 1460. The van der Waals surface area contributed by atoms with Crippen molar-refractivity contribution in [3.05, 3.63) is 100 Å². The monoisotopic (exact) mass is 451 g/mol. The van der Waals surface area contributed by atoms with Crippen LogP contribution in [0, 0.1) is 12.7 Å². The molecule has 0 aliphatic rings. The number of hydrogen-bond donors (Lipinski definition) is 0. The molecular weight excluding hydrogens is 429 g/mol. The van der Waals surface area contributed by atoms with E-state index in [9.17, 15) is 17.6 Å². The molecule has 0 atom stereocenters. The van der Waals surface area contributed by atoms with Crippen molar-refractivity contribution in [1.82, 2.24) is 4.57 Å². The minimum atomic E-state index is -4.14. The van der Waals surface area contributed by atoms with Gasteiger partial charge in [0.1, 0.15) is 16.5 Å². The summed E-state index contributed by atoms with van der Waals surface area (Å²) in [7, 11) is -4.14. The summed E-state index contributed by atoms with van der Waals surface area (Å²) >= 11 is 0. The Labute approximate surface area is 185 Å². The molecule has 5 nitrogen and oxygen atoms in total. The predicted octanol–water partition coefficient (Wildman–Crippen LogP) is 4.73. The number of fused-ring (bicyclic) bond motifs is 1. The van der Waals surface area contributed by atoms with E-state index in [1.807, 2.05) is 38.1 Å². The molecule has 3 aromatic carbocycles. The summed E-state index contributed by atoms with van der Waals surface area (Å²) < 4.78 is 47.8. The van der Waals surface area contributed by atoms with Crippen molar-refractivity contribution >= 4 is 20.7 Å². The first kappa shape index (κ1) is 21.8. The first-order chi connectivity index (χ1) is 15.3. The molecule has 0 unspecified atom stereocenters. The number of hydrogen-bond acceptors (Lipinski definition) is 4. The van der Waals surface area contributed by atoms with E-state index < -0.39 is 26.0 Å². The standard InChI is InChI=1S/C25H22FNO4S/c1-3-31-20-9-11-21(12-10-20)32(29,30)24-16-27(15-18-7-5-4-6-17(18)2)23-13-8-19(26)14-22(23)25(24)28/h4-14,16H,3,15H2,1-2H3. The first-order valence-electron chi connectivity index (χ1n) is 10.2. The third kappa shape index (κ3) is 4.03. The number of aryl methyl sites for hydroxylation is 1. The maximum atomic E-state index is 14.0. The molecule has 0 aliphatic heterocycles. The number of sulfone groups is 1. The summed E-state index contributed by atoms with van der Waals surface area (Å²) in [6.45, 7) is 4.57. The molecule has 1 heterocycles. The lowest BCUT2D eigenvalue weighted by atomic mass is 10.1. The molecule has 7 heteroatoms. The Morgan fingerprint density at radius 3 is 2.41 bits per heavy atom. The van der Waals surface area contributed by atoms with Gasteiger partial charge in [0, 0.05) is 18.1 Å². The quantitative estimate of drug-likeness (QED) is 0.425. The van der Waals surface area contributed by atoms with Crippen LogP contribution in [-0.4, -0.2) is 19.6 Å². The number of pyridine rings is 1. The fourth-order valence-corrected chi connectivity index (χ4v) is 5.01. The fraction of sp³-hybridized carbons (Fsp3) is 0.160. The molecule has 0 fully saturated rings. The zero-order valence-corrected chi connectivity index (χ0v) is 18.5. The summed E-state index contributed by atoms with van der Waals surface area (Å²) in [4.78, 5) is 12.7. The summed E-state index contributed by atoms with van der Waals surface area (Å²) in [6, 6.07) is 17.4. The highest BCUT2D eigenvalue weighted by Crippen LogP contribution is 2.24. The van der Waals surface area contributed by atoms with Crippen LogP contribution in [0.15, 0.2) is 87.5 Å². The fourth-order valence-electron chi connectivity index (χ4n) is 3.64. The van der Waals surface area contributed by atoms with Gasteiger partial charge in [0.2, 0.25) is 15.3 Å². The van der Waals surface area contributed by atoms with Crippen molar-refractivity contribution in [2.45, 2.75) is 30.2 Å². The van der Waals surface area contributed by atoms with Gasteiger partial charge in [0.15, 0.2) is 0 Å². The van der Waals surface area contributed by atoms with Crippen molar-refractivity contribution in [3.8, 4) is 5.75 Å². The van der Waals surface area contributed by atoms with Crippen molar-refractivity contribution in [1.29, 1.82) is 0 Å². The van der Waals surface area contributed by atoms with Crippen molar-refractivity contribution < 1.29 is 17.5 Å². The summed E-state index contributed by atoms with van der Waals surface area (Å²) in [5, 5.41) is 0.0191. The second-order valence-electron chi connectivity index (χ2n) is 7.45. The zero-order chi connectivity index (χ0) is 22.9. The van der Waals surface area contributed by atoms with Gasteiger partial charge in [-0.25, -0.2) is 12.8 Å². The molecule has 0 radical (unpaired) electrons. The summed E-state index contributed by atoms with van der Waals surface area (Å²) in [6.07, 6.45) is 1.35. The van der Waals surface area contributed by atoms with Crippen LogP contribution in [0.4, 0.5) is 4.39 Å². The number of nitrogens with zero attached hydrogens (tertiary/aromatic N) is 1. The van der Waals surface area contributed by atoms with Gasteiger partial charge in [0.05, 0.1) is 17.0 Å². The van der Waals surface area contributed by atoms with E-state index in [0.717, 1.165) is 17.2 Å².